The Bertz CT molecular complexity index is 587. The fourth-order valence-electron chi connectivity index (χ4n) is 1.67. The van der Waals surface area contributed by atoms with Crippen LogP contribution in [0.15, 0.2) is 35.4 Å². The Labute approximate surface area is 140 Å². The van der Waals surface area contributed by atoms with Crippen LogP contribution >= 0.6 is 0 Å². The van der Waals surface area contributed by atoms with Crippen molar-refractivity contribution in [2.45, 2.75) is 19.9 Å². The topological polar surface area (TPSA) is 109 Å². The normalized spacial score (nSPS) is 10.8. The molecule has 0 radical (unpaired) electrons. The summed E-state index contributed by atoms with van der Waals surface area (Å²) in [5, 5.41) is 8.84. The number of nitrogens with one attached hydrogen (secondary N) is 3. The van der Waals surface area contributed by atoms with Gasteiger partial charge in [-0.2, -0.15) is 5.10 Å². The van der Waals surface area contributed by atoms with E-state index in [1.165, 1.54) is 7.11 Å². The molecule has 130 valence electrons. The molecule has 0 fully saturated rings. The predicted molar refractivity (Wildman–Crippen MR) is 89.0 cm³/mol. The second-order valence-electron chi connectivity index (χ2n) is 4.98. The number of benzene rings is 1. The van der Waals surface area contributed by atoms with Crippen molar-refractivity contribution in [2.75, 3.05) is 20.3 Å². The molecule has 0 aliphatic carbocycles. The molecule has 8 nitrogen and oxygen atoms in total. The van der Waals surface area contributed by atoms with Crippen LogP contribution in [0.4, 0.5) is 0 Å². The lowest BCUT2D eigenvalue weighted by Crippen LogP contribution is -2.39. The minimum atomic E-state index is -0.893. The van der Waals surface area contributed by atoms with E-state index in [1.54, 1.807) is 6.92 Å². The van der Waals surface area contributed by atoms with Crippen molar-refractivity contribution in [2.24, 2.45) is 5.10 Å². The fourth-order valence-corrected chi connectivity index (χ4v) is 1.67. The number of hydrogen-bond acceptors (Lipinski definition) is 5. The van der Waals surface area contributed by atoms with Crippen LogP contribution in [0.25, 0.3) is 0 Å². The number of hydrazone groups is 1. The van der Waals surface area contributed by atoms with Gasteiger partial charge in [-0.05, 0) is 12.5 Å². The first-order valence-electron chi connectivity index (χ1n) is 7.43. The number of carbonyl (C=O) groups excluding carboxylic acids is 3. The SMILES string of the molecule is COCCNC(=O)C(=O)N/N=C(/C)CC(=O)NCc1ccccc1. The molecule has 3 N–H and O–H groups in total. The quantitative estimate of drug-likeness (QED) is 0.268. The van der Waals surface area contributed by atoms with E-state index in [-0.39, 0.29) is 18.9 Å². The molecule has 3 amide bonds. The van der Waals surface area contributed by atoms with Gasteiger partial charge in [0, 0.05) is 25.9 Å². The number of rotatable bonds is 8. The van der Waals surface area contributed by atoms with Gasteiger partial charge in [-0.25, -0.2) is 5.43 Å². The van der Waals surface area contributed by atoms with E-state index in [0.717, 1.165) is 5.56 Å². The number of hydrogen-bond donors (Lipinski definition) is 3. The van der Waals surface area contributed by atoms with Crippen LogP contribution in [0, 0.1) is 0 Å². The number of methoxy groups -OCH3 is 1. The minimum Gasteiger partial charge on any atom is -0.383 e. The van der Waals surface area contributed by atoms with Crippen molar-refractivity contribution < 1.29 is 19.1 Å². The molecule has 0 saturated heterocycles. The predicted octanol–water partition coefficient (Wildman–Crippen LogP) is -0.0524. The monoisotopic (exact) mass is 334 g/mol. The summed E-state index contributed by atoms with van der Waals surface area (Å²) >= 11 is 0. The van der Waals surface area contributed by atoms with E-state index in [0.29, 0.717) is 18.9 Å². The molecule has 0 unspecified atom stereocenters. The first-order valence-corrected chi connectivity index (χ1v) is 7.43. The van der Waals surface area contributed by atoms with Gasteiger partial charge in [0.05, 0.1) is 13.0 Å². The molecule has 0 saturated carbocycles. The van der Waals surface area contributed by atoms with Gasteiger partial charge in [0.2, 0.25) is 5.91 Å². The van der Waals surface area contributed by atoms with Crippen LogP contribution in [0.1, 0.15) is 18.9 Å². The van der Waals surface area contributed by atoms with Crippen LogP contribution < -0.4 is 16.1 Å². The Kier molecular flexibility index (Phi) is 8.77. The smallest absolute Gasteiger partial charge is 0.329 e. The molecule has 8 heteroatoms. The van der Waals surface area contributed by atoms with Crippen LogP contribution in [0.3, 0.4) is 0 Å². The highest BCUT2D eigenvalue weighted by molar-refractivity contribution is 6.35. The summed E-state index contributed by atoms with van der Waals surface area (Å²) in [6.07, 6.45) is 0.0262. The van der Waals surface area contributed by atoms with Crippen LogP contribution in [-0.4, -0.2) is 43.7 Å². The van der Waals surface area contributed by atoms with Gasteiger partial charge < -0.3 is 15.4 Å². The molecule has 1 rings (SSSR count). The third kappa shape index (κ3) is 8.04. The van der Waals surface area contributed by atoms with Crippen molar-refractivity contribution in [3.05, 3.63) is 35.9 Å². The maximum atomic E-state index is 11.8. The highest BCUT2D eigenvalue weighted by Crippen LogP contribution is 1.97. The molecule has 0 aliphatic rings. The highest BCUT2D eigenvalue weighted by atomic mass is 16.5. The zero-order valence-electron chi connectivity index (χ0n) is 13.8. The number of ether oxygens (including phenoxy) is 1. The lowest BCUT2D eigenvalue weighted by molar-refractivity contribution is -0.139. The lowest BCUT2D eigenvalue weighted by Gasteiger charge is -2.06. The second kappa shape index (κ2) is 10.9. The summed E-state index contributed by atoms with van der Waals surface area (Å²) in [5.41, 5.74) is 3.48. The first kappa shape index (κ1) is 19.3. The Morgan fingerprint density at radius 2 is 1.79 bits per heavy atom. The molecular formula is C16H22N4O4. The van der Waals surface area contributed by atoms with E-state index < -0.39 is 11.8 Å². The Balaban J connectivity index is 2.31. The van der Waals surface area contributed by atoms with E-state index in [9.17, 15) is 14.4 Å². The van der Waals surface area contributed by atoms with Crippen LogP contribution in [-0.2, 0) is 25.7 Å². The molecule has 1 aromatic carbocycles. The summed E-state index contributed by atoms with van der Waals surface area (Å²) in [5.74, 6) is -1.92. The average molecular weight is 334 g/mol. The van der Waals surface area contributed by atoms with Gasteiger partial charge in [-0.1, -0.05) is 30.3 Å². The average Bonchev–Trinajstić information content (AvgIpc) is 2.59. The number of amides is 3. The molecular weight excluding hydrogens is 312 g/mol. The Morgan fingerprint density at radius 3 is 2.46 bits per heavy atom. The zero-order chi connectivity index (χ0) is 17.8. The van der Waals surface area contributed by atoms with Gasteiger partial charge in [-0.15, -0.1) is 0 Å². The Morgan fingerprint density at radius 1 is 1.08 bits per heavy atom. The summed E-state index contributed by atoms with van der Waals surface area (Å²) in [6.45, 7) is 2.54. The van der Waals surface area contributed by atoms with Crippen molar-refractivity contribution in [1.82, 2.24) is 16.1 Å². The van der Waals surface area contributed by atoms with Gasteiger partial charge in [0.25, 0.3) is 0 Å². The second-order valence-corrected chi connectivity index (χ2v) is 4.98. The third-order valence-corrected chi connectivity index (χ3v) is 2.90. The van der Waals surface area contributed by atoms with Crippen molar-refractivity contribution in [1.29, 1.82) is 0 Å². The van der Waals surface area contributed by atoms with E-state index in [1.807, 2.05) is 30.3 Å². The van der Waals surface area contributed by atoms with Gasteiger partial charge in [0.1, 0.15) is 0 Å². The maximum absolute atomic E-state index is 11.8. The molecule has 0 atom stereocenters. The molecule has 0 heterocycles. The van der Waals surface area contributed by atoms with Crippen molar-refractivity contribution in [3.8, 4) is 0 Å². The van der Waals surface area contributed by atoms with E-state index in [4.69, 9.17) is 4.74 Å². The van der Waals surface area contributed by atoms with E-state index >= 15 is 0 Å². The summed E-state index contributed by atoms with van der Waals surface area (Å²) < 4.78 is 4.75. The first-order chi connectivity index (χ1) is 11.5. The maximum Gasteiger partial charge on any atom is 0.329 e. The summed E-state index contributed by atoms with van der Waals surface area (Å²) in [6, 6.07) is 9.49. The standard InChI is InChI=1S/C16H22N4O4/c1-12(19-20-16(23)15(22)17-8-9-24-2)10-14(21)18-11-13-6-4-3-5-7-13/h3-7H,8-11H2,1-2H3,(H,17,22)(H,18,21)(H,20,23)/b19-12-. The molecule has 0 bridgehead atoms. The number of nitrogens with zero attached hydrogens (tertiary/aromatic N) is 1. The molecule has 24 heavy (non-hydrogen) atoms. The van der Waals surface area contributed by atoms with Crippen LogP contribution in [0.5, 0.6) is 0 Å². The van der Waals surface area contributed by atoms with Gasteiger partial charge in [-0.3, -0.25) is 14.4 Å². The largest absolute Gasteiger partial charge is 0.383 e. The lowest BCUT2D eigenvalue weighted by atomic mass is 10.2. The third-order valence-electron chi connectivity index (χ3n) is 2.90. The Hall–Kier alpha value is -2.74. The minimum absolute atomic E-state index is 0.0262. The van der Waals surface area contributed by atoms with Crippen LogP contribution in [0.2, 0.25) is 0 Å². The van der Waals surface area contributed by atoms with Gasteiger partial charge >= 0.3 is 11.8 Å². The molecule has 0 aromatic heterocycles. The molecule has 1 aromatic rings. The van der Waals surface area contributed by atoms with Crippen molar-refractivity contribution >= 4 is 23.4 Å². The zero-order valence-corrected chi connectivity index (χ0v) is 13.8. The molecule has 0 aliphatic heterocycles. The summed E-state index contributed by atoms with van der Waals surface area (Å²) in [7, 11) is 1.49. The highest BCUT2D eigenvalue weighted by Gasteiger charge is 2.12. The summed E-state index contributed by atoms with van der Waals surface area (Å²) in [4.78, 5) is 34.6. The fraction of sp³-hybridized carbons (Fsp3) is 0.375. The number of carbonyl (C=O) groups is 3. The van der Waals surface area contributed by atoms with Gasteiger partial charge in [0.15, 0.2) is 0 Å². The molecule has 0 spiro atoms. The van der Waals surface area contributed by atoms with Crippen molar-refractivity contribution in [3.63, 3.8) is 0 Å². The van der Waals surface area contributed by atoms with E-state index in [2.05, 4.69) is 21.2 Å².